The molecule has 3 fully saturated rings. The molecule has 0 spiro atoms. The molecular formula is C27H34N2O5S. The summed E-state index contributed by atoms with van der Waals surface area (Å²) in [6.45, 7) is 3.89. The number of fused-ring (bicyclic) bond motifs is 2. The minimum absolute atomic E-state index is 0.0152. The maximum absolute atomic E-state index is 11.9. The summed E-state index contributed by atoms with van der Waals surface area (Å²) in [5.41, 5.74) is 2.19. The number of carbonyl (C=O) groups is 1. The van der Waals surface area contributed by atoms with Gasteiger partial charge in [0.2, 0.25) is 0 Å². The van der Waals surface area contributed by atoms with Gasteiger partial charge in [0, 0.05) is 31.3 Å². The van der Waals surface area contributed by atoms with Crippen LogP contribution < -0.4 is 5.32 Å². The summed E-state index contributed by atoms with van der Waals surface area (Å²) in [7, 11) is -4.08. The fourth-order valence-electron chi connectivity index (χ4n) is 6.22. The Morgan fingerprint density at radius 1 is 0.943 bits per heavy atom. The van der Waals surface area contributed by atoms with Crippen LogP contribution in [0, 0.1) is 16.7 Å². The summed E-state index contributed by atoms with van der Waals surface area (Å²) >= 11 is 0. The highest BCUT2D eigenvalue weighted by Gasteiger charge is 2.65. The third-order valence-corrected chi connectivity index (χ3v) is 9.25. The third-order valence-electron chi connectivity index (χ3n) is 8.40. The van der Waals surface area contributed by atoms with Gasteiger partial charge < -0.3 is 10.5 Å². The van der Waals surface area contributed by atoms with Crippen LogP contribution >= 0.6 is 0 Å². The Morgan fingerprint density at radius 2 is 1.46 bits per heavy atom. The summed E-state index contributed by atoms with van der Waals surface area (Å²) in [5, 5.41) is 16.3. The number of ketones is 1. The number of rotatable bonds is 4. The van der Waals surface area contributed by atoms with Crippen LogP contribution in [-0.2, 0) is 14.9 Å². The molecule has 8 heteroatoms. The number of nitrogens with one attached hydrogen (secondary N) is 1. The molecule has 188 valence electrons. The van der Waals surface area contributed by atoms with Gasteiger partial charge in [-0.2, -0.15) is 8.42 Å². The molecule has 0 radical (unpaired) electrons. The van der Waals surface area contributed by atoms with Crippen molar-refractivity contribution in [2.45, 2.75) is 58.0 Å². The van der Waals surface area contributed by atoms with E-state index in [1.54, 1.807) is 0 Å². The van der Waals surface area contributed by atoms with E-state index in [1.165, 1.54) is 11.1 Å². The van der Waals surface area contributed by atoms with Crippen molar-refractivity contribution in [2.24, 2.45) is 21.9 Å². The Hall–Kier alpha value is -2.55. The van der Waals surface area contributed by atoms with Gasteiger partial charge in [-0.1, -0.05) is 79.7 Å². The normalized spacial score (nSPS) is 29.4. The van der Waals surface area contributed by atoms with Crippen molar-refractivity contribution >= 4 is 21.6 Å². The molecule has 3 N–H and O–H groups in total. The van der Waals surface area contributed by atoms with E-state index >= 15 is 0 Å². The quantitative estimate of drug-likeness (QED) is 0.312. The standard InChI is InChI=1S/C17H18N2O.C10H16O4S/c20-19-15-11-16(13-7-3-1-4-8-13)18-17(12-15)14-9-5-2-6-10-14;1-9(2)7-3-4-10(9,8(11)5-7)6-15(12,13)14/h1-10,16-18,20H,11-12H2;7H,3-6H2,1-2H3,(H,12,13,14). The van der Waals surface area contributed by atoms with Crippen LogP contribution in [0.5, 0.6) is 0 Å². The Bertz CT molecular complexity index is 1130. The number of oxime groups is 1. The Morgan fingerprint density at radius 3 is 1.83 bits per heavy atom. The Labute approximate surface area is 207 Å². The van der Waals surface area contributed by atoms with Gasteiger partial charge in [0.25, 0.3) is 10.1 Å². The van der Waals surface area contributed by atoms with E-state index in [0.717, 1.165) is 25.0 Å². The minimum atomic E-state index is -4.08. The second-order valence-electron chi connectivity index (χ2n) is 10.6. The van der Waals surface area contributed by atoms with Crippen LogP contribution in [0.3, 0.4) is 0 Å². The predicted molar refractivity (Wildman–Crippen MR) is 135 cm³/mol. The van der Waals surface area contributed by atoms with E-state index in [4.69, 9.17) is 4.55 Å². The molecule has 1 saturated heterocycles. The molecule has 2 aromatic carbocycles. The first-order chi connectivity index (χ1) is 16.6. The van der Waals surface area contributed by atoms with Gasteiger partial charge in [0.1, 0.15) is 5.78 Å². The van der Waals surface area contributed by atoms with Gasteiger partial charge in [-0.25, -0.2) is 0 Å². The van der Waals surface area contributed by atoms with E-state index in [9.17, 15) is 18.4 Å². The van der Waals surface area contributed by atoms with Crippen LogP contribution in [0.2, 0.25) is 0 Å². The highest BCUT2D eigenvalue weighted by molar-refractivity contribution is 7.85. The minimum Gasteiger partial charge on any atom is -0.411 e. The van der Waals surface area contributed by atoms with Crippen molar-refractivity contribution in [2.75, 3.05) is 5.75 Å². The molecule has 4 unspecified atom stereocenters. The highest BCUT2D eigenvalue weighted by Crippen LogP contribution is 2.64. The van der Waals surface area contributed by atoms with Crippen molar-refractivity contribution in [1.82, 2.24) is 5.32 Å². The van der Waals surface area contributed by atoms with E-state index in [0.29, 0.717) is 12.8 Å². The SMILES string of the molecule is CC1(C)C2CCC1(CS(=O)(=O)O)C(=O)C2.ON=C1CC(c2ccccc2)NC(c2ccccc2)C1. The number of hydrogen-bond acceptors (Lipinski definition) is 6. The molecule has 2 aliphatic carbocycles. The number of benzene rings is 2. The molecule has 4 atom stereocenters. The van der Waals surface area contributed by atoms with Gasteiger partial charge >= 0.3 is 0 Å². The topological polar surface area (TPSA) is 116 Å². The van der Waals surface area contributed by atoms with E-state index in [-0.39, 0.29) is 29.2 Å². The predicted octanol–water partition coefficient (Wildman–Crippen LogP) is 4.95. The van der Waals surface area contributed by atoms with E-state index in [2.05, 4.69) is 34.7 Å². The van der Waals surface area contributed by atoms with Gasteiger partial charge in [0.15, 0.2) is 0 Å². The first-order valence-corrected chi connectivity index (χ1v) is 13.7. The molecule has 1 aliphatic heterocycles. The number of Topliss-reactive ketones (excluding diaryl/α,β-unsaturated/α-hetero) is 1. The zero-order chi connectivity index (χ0) is 25.3. The van der Waals surface area contributed by atoms with Crippen LogP contribution in [0.15, 0.2) is 65.8 Å². The fraction of sp³-hybridized carbons (Fsp3) is 0.481. The fourth-order valence-corrected chi connectivity index (χ4v) is 7.52. The van der Waals surface area contributed by atoms with Crippen molar-refractivity contribution in [3.05, 3.63) is 71.8 Å². The lowest BCUT2D eigenvalue weighted by atomic mass is 9.70. The van der Waals surface area contributed by atoms with Gasteiger partial charge in [0.05, 0.1) is 16.9 Å². The third kappa shape index (κ3) is 5.20. The van der Waals surface area contributed by atoms with Crippen LogP contribution in [0.25, 0.3) is 0 Å². The molecule has 2 saturated carbocycles. The molecule has 3 aliphatic rings. The van der Waals surface area contributed by atoms with Crippen molar-refractivity contribution in [1.29, 1.82) is 0 Å². The summed E-state index contributed by atoms with van der Waals surface area (Å²) in [6.07, 6.45) is 3.48. The summed E-state index contributed by atoms with van der Waals surface area (Å²) in [5.74, 6) is -0.101. The maximum Gasteiger partial charge on any atom is 0.265 e. The van der Waals surface area contributed by atoms with Gasteiger partial charge in [-0.05, 0) is 35.3 Å². The number of nitrogens with zero attached hydrogens (tertiary/aromatic N) is 1. The Balaban J connectivity index is 0.000000172. The first-order valence-electron chi connectivity index (χ1n) is 12.1. The lowest BCUT2D eigenvalue weighted by molar-refractivity contribution is -0.128. The molecule has 35 heavy (non-hydrogen) atoms. The van der Waals surface area contributed by atoms with Crippen LogP contribution in [-0.4, -0.2) is 35.4 Å². The molecule has 2 bridgehead atoms. The monoisotopic (exact) mass is 498 g/mol. The summed E-state index contributed by atoms with van der Waals surface area (Å²) in [4.78, 5) is 11.9. The second-order valence-corrected chi connectivity index (χ2v) is 12.0. The van der Waals surface area contributed by atoms with Crippen molar-refractivity contribution in [3.8, 4) is 0 Å². The molecule has 2 aromatic rings. The molecule has 1 heterocycles. The van der Waals surface area contributed by atoms with Crippen LogP contribution in [0.4, 0.5) is 0 Å². The summed E-state index contributed by atoms with van der Waals surface area (Å²) < 4.78 is 31.0. The molecule has 0 amide bonds. The Kier molecular flexibility index (Phi) is 7.18. The number of hydrogen-bond donors (Lipinski definition) is 3. The van der Waals surface area contributed by atoms with Crippen LogP contribution in [0.1, 0.15) is 69.2 Å². The van der Waals surface area contributed by atoms with Crippen molar-refractivity contribution < 1.29 is 23.0 Å². The molecule has 0 aromatic heterocycles. The zero-order valence-electron chi connectivity index (χ0n) is 20.2. The highest BCUT2D eigenvalue weighted by atomic mass is 32.2. The average Bonchev–Trinajstić information content (AvgIpc) is 3.18. The number of piperidine rings is 1. The van der Waals surface area contributed by atoms with E-state index in [1.807, 2.05) is 50.2 Å². The lowest BCUT2D eigenvalue weighted by Crippen LogP contribution is -2.42. The molecular weight excluding hydrogens is 464 g/mol. The van der Waals surface area contributed by atoms with Gasteiger partial charge in [-0.15, -0.1) is 0 Å². The van der Waals surface area contributed by atoms with Gasteiger partial charge in [-0.3, -0.25) is 9.35 Å². The lowest BCUT2D eigenvalue weighted by Gasteiger charge is -2.35. The smallest absolute Gasteiger partial charge is 0.265 e. The largest absolute Gasteiger partial charge is 0.411 e. The average molecular weight is 499 g/mol. The maximum atomic E-state index is 11.9. The zero-order valence-corrected chi connectivity index (χ0v) is 21.0. The van der Waals surface area contributed by atoms with Crippen molar-refractivity contribution in [3.63, 3.8) is 0 Å². The molecule has 7 nitrogen and oxygen atoms in total. The number of carbonyl (C=O) groups excluding carboxylic acids is 1. The first kappa shape index (κ1) is 25.5. The second kappa shape index (κ2) is 9.84. The van der Waals surface area contributed by atoms with E-state index < -0.39 is 21.3 Å². The molecule has 5 rings (SSSR count). The summed E-state index contributed by atoms with van der Waals surface area (Å²) in [6, 6.07) is 21.0.